The van der Waals surface area contributed by atoms with Gasteiger partial charge < -0.3 is 0 Å². The van der Waals surface area contributed by atoms with Crippen LogP contribution in [-0.2, 0) is 0 Å². The molecule has 0 rings (SSSR count). The third-order valence-electron chi connectivity index (χ3n) is 0. The fraction of sp³-hybridized carbons (Fsp3) is 0. The van der Waals surface area contributed by atoms with Gasteiger partial charge in [-0.1, -0.05) is 18.2 Å². The summed E-state index contributed by atoms with van der Waals surface area (Å²) in [6.45, 7) is 3.13. The maximum atomic E-state index is 4.76. The average molecular weight is 93.5 g/mol. The van der Waals surface area contributed by atoms with Gasteiger partial charge in [-0.05, 0) is 5.54 Å². The van der Waals surface area contributed by atoms with Gasteiger partial charge in [-0.25, -0.2) is 0 Å². The van der Waals surface area contributed by atoms with E-state index in [9.17, 15) is 0 Å². The molecule has 0 fully saturated rings. The van der Waals surface area contributed by atoms with Crippen LogP contribution in [0.15, 0.2) is 12.1 Å². The van der Waals surface area contributed by atoms with E-state index in [4.69, 9.17) is 11.6 Å². The van der Waals surface area contributed by atoms with E-state index in [0.29, 0.717) is 0 Å². The molecule has 5 heavy (non-hydrogen) atoms. The second kappa shape index (κ2) is 24.9. The van der Waals surface area contributed by atoms with Gasteiger partial charge in [-0.3, -0.25) is 0 Å². The second-order valence-electron chi connectivity index (χ2n) is 0.154. The SMILES string of the molecule is C=CCl.[Al].[He]. The number of rotatable bonds is 0. The molecule has 3 radical (unpaired) electrons. The minimum absolute atomic E-state index is 0. The quantitative estimate of drug-likeness (QED) is 0.392. The first-order chi connectivity index (χ1) is 1.41. The Labute approximate surface area is 47.7 Å². The molecule has 0 unspecified atom stereocenters. The van der Waals surface area contributed by atoms with E-state index in [-0.39, 0.29) is 23.5 Å². The van der Waals surface area contributed by atoms with Crippen LogP contribution in [0.2, 0.25) is 0 Å². The van der Waals surface area contributed by atoms with Crippen LogP contribution in [0.3, 0.4) is 0 Å². The standard InChI is InChI=1S/C2H3Cl.Al.He/c1-2-3;;/h2H,1H2;;. The molecule has 0 aromatic carbocycles. The second-order valence-corrected chi connectivity index (χ2v) is 0.463. The average Bonchev–Trinajstić information content (AvgIpc) is 0.918. The first-order valence-electron chi connectivity index (χ1n) is 0.626. The topological polar surface area (TPSA) is 0 Å². The molecule has 23 valence electrons. The molecule has 0 nitrogen and oxygen atoms in total. The predicted molar refractivity (Wildman–Crippen MR) is 21.8 cm³/mol. The van der Waals surface area contributed by atoms with Crippen molar-refractivity contribution in [1.82, 2.24) is 0 Å². The Kier molecular flexibility index (Phi) is 89.1. The number of halogens is 1. The van der Waals surface area contributed by atoms with Crippen molar-refractivity contribution < 1.29 is 6.15 Å². The molecule has 0 aromatic heterocycles. The molecule has 0 aliphatic heterocycles. The first-order valence-corrected chi connectivity index (χ1v) is 1.06. The Hall–Kier alpha value is 0.472. The van der Waals surface area contributed by atoms with Gasteiger partial charge in [0.1, 0.15) is 0 Å². The van der Waals surface area contributed by atoms with Gasteiger partial charge in [0.05, 0.1) is 0 Å². The smallest absolute Gasteiger partial charge is 0 e. The van der Waals surface area contributed by atoms with Crippen LogP contribution in [0, 0.1) is 6.15 Å². The van der Waals surface area contributed by atoms with Crippen molar-refractivity contribution in [2.45, 2.75) is 0 Å². The van der Waals surface area contributed by atoms with Gasteiger partial charge in [0, 0.05) is 23.5 Å². The summed E-state index contributed by atoms with van der Waals surface area (Å²) in [6, 6.07) is 0. The van der Waals surface area contributed by atoms with E-state index >= 15 is 0 Å². The first kappa shape index (κ1) is 17.9. The summed E-state index contributed by atoms with van der Waals surface area (Å²) in [4.78, 5) is 0. The Morgan fingerprint density at radius 3 is 1.60 bits per heavy atom. The van der Waals surface area contributed by atoms with Gasteiger partial charge >= 0.3 is 0 Å². The van der Waals surface area contributed by atoms with E-state index in [2.05, 4.69) is 6.58 Å². The molecule has 0 heterocycles. The normalized spacial score (nSPS) is 2.60. The van der Waals surface area contributed by atoms with Crippen LogP contribution in [0.1, 0.15) is 0 Å². The molecule has 0 N–H and O–H groups in total. The van der Waals surface area contributed by atoms with E-state index in [1.165, 1.54) is 5.54 Å². The van der Waals surface area contributed by atoms with Crippen molar-refractivity contribution in [1.29, 1.82) is 0 Å². The fourth-order valence-electron chi connectivity index (χ4n) is 0. The fourth-order valence-corrected chi connectivity index (χ4v) is 0. The molecule has 0 aliphatic rings. The summed E-state index contributed by atoms with van der Waals surface area (Å²) in [6.07, 6.45) is 0. The van der Waals surface area contributed by atoms with Crippen molar-refractivity contribution in [2.75, 3.05) is 0 Å². The Morgan fingerprint density at radius 1 is 1.60 bits per heavy atom. The summed E-state index contributed by atoms with van der Waals surface area (Å²) in [5.74, 6) is 0. The molecule has 0 spiro atoms. The summed E-state index contributed by atoms with van der Waals surface area (Å²) >= 11 is 4.76. The maximum Gasteiger partial charge on any atom is 0 e. The third-order valence-corrected chi connectivity index (χ3v) is 0. The Balaban J connectivity index is -0.0000000200. The van der Waals surface area contributed by atoms with E-state index in [0.717, 1.165) is 0 Å². The molecule has 0 saturated carbocycles. The van der Waals surface area contributed by atoms with Crippen LogP contribution in [0.4, 0.5) is 0 Å². The molecule has 0 aliphatic carbocycles. The van der Waals surface area contributed by atoms with Gasteiger partial charge in [0.15, 0.2) is 0 Å². The van der Waals surface area contributed by atoms with Crippen LogP contribution in [0.25, 0.3) is 0 Å². The number of hydrogen-bond donors (Lipinski definition) is 0. The molecule has 0 aromatic rings. The molecule has 0 bridgehead atoms. The minimum atomic E-state index is 0. The largest absolute Gasteiger partial charge is 0.0936 e. The maximum absolute atomic E-state index is 4.76. The zero-order valence-corrected chi connectivity index (χ0v) is 4.86. The van der Waals surface area contributed by atoms with Crippen LogP contribution < -0.4 is 0 Å². The van der Waals surface area contributed by atoms with Gasteiger partial charge in [-0.2, -0.15) is 0 Å². The molecular weight excluding hydrogens is 90.5 g/mol. The summed E-state index contributed by atoms with van der Waals surface area (Å²) in [7, 11) is 0. The summed E-state index contributed by atoms with van der Waals surface area (Å²) in [5.41, 5.74) is 1.22. The zero-order chi connectivity index (χ0) is 2.71. The van der Waals surface area contributed by atoms with Crippen LogP contribution >= 0.6 is 11.6 Å². The number of hydrogen-bond acceptors (Lipinski definition) is 0. The zero-order valence-electron chi connectivity index (χ0n) is 2.95. The summed E-state index contributed by atoms with van der Waals surface area (Å²) in [5, 5.41) is 0. The summed E-state index contributed by atoms with van der Waals surface area (Å²) < 4.78 is 0. The van der Waals surface area contributed by atoms with Gasteiger partial charge in [0.25, 0.3) is 0 Å². The third kappa shape index (κ3) is 123. The molecule has 3 heteroatoms. The van der Waals surface area contributed by atoms with Crippen molar-refractivity contribution >= 4 is 29.0 Å². The van der Waals surface area contributed by atoms with Crippen molar-refractivity contribution in [3.63, 3.8) is 0 Å². The van der Waals surface area contributed by atoms with E-state index in [1.54, 1.807) is 0 Å². The molecular formula is C2H3AlClHe. The predicted octanol–water partition coefficient (Wildman–Crippen LogP) is 0.988. The van der Waals surface area contributed by atoms with Gasteiger partial charge in [0.2, 0.25) is 0 Å². The molecule has 0 saturated heterocycles. The van der Waals surface area contributed by atoms with E-state index < -0.39 is 0 Å². The Bertz CT molecular complexity index is 17.1. The van der Waals surface area contributed by atoms with Crippen molar-refractivity contribution in [2.24, 2.45) is 0 Å². The Morgan fingerprint density at radius 2 is 1.60 bits per heavy atom. The van der Waals surface area contributed by atoms with Crippen molar-refractivity contribution in [3.05, 3.63) is 12.1 Å². The van der Waals surface area contributed by atoms with E-state index in [1.807, 2.05) is 0 Å². The molecule has 0 atom stereocenters. The van der Waals surface area contributed by atoms with Gasteiger partial charge in [-0.15, -0.1) is 0 Å². The monoisotopic (exact) mass is 93.0 g/mol. The minimum Gasteiger partial charge on any atom is -0.0936 e. The van der Waals surface area contributed by atoms with Crippen molar-refractivity contribution in [3.8, 4) is 0 Å². The van der Waals surface area contributed by atoms with Crippen LogP contribution in [-0.4, -0.2) is 17.4 Å². The van der Waals surface area contributed by atoms with Crippen LogP contribution in [0.5, 0.6) is 0 Å². The molecule has 0 amide bonds.